The third-order valence-corrected chi connectivity index (χ3v) is 6.21. The average molecular weight is 382 g/mol. The summed E-state index contributed by atoms with van der Waals surface area (Å²) < 4.78 is 0. The molecule has 0 aliphatic carbocycles. The highest BCUT2D eigenvalue weighted by atomic mass is 15.5. The Labute approximate surface area is 173 Å². The van der Waals surface area contributed by atoms with Gasteiger partial charge in [-0.05, 0) is 42.7 Å². The van der Waals surface area contributed by atoms with Crippen molar-refractivity contribution in [1.29, 1.82) is 0 Å². The van der Waals surface area contributed by atoms with E-state index in [1.807, 2.05) is 0 Å². The normalized spacial score (nSPS) is 24.7. The first-order chi connectivity index (χ1) is 14.3. The van der Waals surface area contributed by atoms with Crippen LogP contribution in [-0.4, -0.2) is 29.7 Å². The minimum absolute atomic E-state index is 0.0890. The van der Waals surface area contributed by atoms with Gasteiger partial charge in [0.05, 0.1) is 17.8 Å². The van der Waals surface area contributed by atoms with Crippen LogP contribution in [0.15, 0.2) is 89.9 Å². The van der Waals surface area contributed by atoms with Gasteiger partial charge in [0.25, 0.3) is 0 Å². The van der Waals surface area contributed by atoms with E-state index in [2.05, 4.69) is 109 Å². The van der Waals surface area contributed by atoms with Crippen LogP contribution in [0.5, 0.6) is 0 Å². The number of fused-ring (bicyclic) bond motifs is 1. The molecule has 0 spiro atoms. The van der Waals surface area contributed by atoms with Crippen molar-refractivity contribution in [3.63, 3.8) is 0 Å². The predicted molar refractivity (Wildman–Crippen MR) is 121 cm³/mol. The summed E-state index contributed by atoms with van der Waals surface area (Å²) in [5, 5.41) is 0. The maximum Gasteiger partial charge on any atom is 0.129 e. The number of aliphatic imine (C=N–C) groups is 1. The molecule has 0 aromatic heterocycles. The van der Waals surface area contributed by atoms with Crippen LogP contribution in [0, 0.1) is 0 Å². The molecule has 1 saturated heterocycles. The van der Waals surface area contributed by atoms with Gasteiger partial charge in [-0.15, -0.1) is 0 Å². The molecule has 0 saturated carbocycles. The molecule has 0 amide bonds. The quantitative estimate of drug-likeness (QED) is 0.528. The molecule has 2 aliphatic heterocycles. The van der Waals surface area contributed by atoms with E-state index >= 15 is 0 Å². The van der Waals surface area contributed by atoms with E-state index in [4.69, 9.17) is 4.99 Å². The molecule has 0 radical (unpaired) electrons. The standard InChI is InChI=1S/C26H27N3/c1-3-28(4-2)22-17-15-21(16-18-22)26-27-23(19-11-7-5-8-12-19)25-24(29(25)26)20-13-9-6-10-14-20/h5-18,24-26H,3-4H2,1-2H3. The van der Waals surface area contributed by atoms with Crippen LogP contribution in [-0.2, 0) is 0 Å². The number of hydrogen-bond acceptors (Lipinski definition) is 3. The second-order valence-electron chi connectivity index (χ2n) is 7.77. The summed E-state index contributed by atoms with van der Waals surface area (Å²) in [4.78, 5) is 10.1. The summed E-state index contributed by atoms with van der Waals surface area (Å²) in [6.07, 6.45) is 0.0890. The maximum atomic E-state index is 5.18. The van der Waals surface area contributed by atoms with Crippen molar-refractivity contribution >= 4 is 11.4 Å². The Morgan fingerprint density at radius 2 is 1.34 bits per heavy atom. The summed E-state index contributed by atoms with van der Waals surface area (Å²) in [5.41, 5.74) is 6.40. The molecule has 4 atom stereocenters. The molecule has 5 rings (SSSR count). The van der Waals surface area contributed by atoms with Crippen LogP contribution in [0.2, 0.25) is 0 Å². The van der Waals surface area contributed by atoms with Crippen molar-refractivity contribution in [1.82, 2.24) is 4.90 Å². The zero-order valence-corrected chi connectivity index (χ0v) is 17.1. The summed E-state index contributed by atoms with van der Waals surface area (Å²) in [6.45, 7) is 6.46. The van der Waals surface area contributed by atoms with E-state index in [1.165, 1.54) is 28.1 Å². The lowest BCUT2D eigenvalue weighted by atomic mass is 10.0. The Balaban J connectivity index is 1.50. The molecule has 29 heavy (non-hydrogen) atoms. The van der Waals surface area contributed by atoms with Gasteiger partial charge in [-0.2, -0.15) is 0 Å². The fourth-order valence-electron chi connectivity index (χ4n) is 4.67. The Bertz CT molecular complexity index is 991. The van der Waals surface area contributed by atoms with Gasteiger partial charge >= 0.3 is 0 Å². The molecule has 4 unspecified atom stereocenters. The minimum Gasteiger partial charge on any atom is -0.372 e. The summed E-state index contributed by atoms with van der Waals surface area (Å²) in [7, 11) is 0. The molecule has 3 aromatic carbocycles. The highest BCUT2D eigenvalue weighted by molar-refractivity contribution is 6.08. The van der Waals surface area contributed by atoms with Gasteiger partial charge in [0.1, 0.15) is 6.17 Å². The average Bonchev–Trinajstić information content (AvgIpc) is 3.40. The molecule has 3 nitrogen and oxygen atoms in total. The lowest BCUT2D eigenvalue weighted by Gasteiger charge is -2.22. The molecule has 2 aliphatic rings. The van der Waals surface area contributed by atoms with Crippen LogP contribution in [0.4, 0.5) is 5.69 Å². The molecular weight excluding hydrogens is 354 g/mol. The van der Waals surface area contributed by atoms with Crippen LogP contribution in [0.3, 0.4) is 0 Å². The lowest BCUT2D eigenvalue weighted by Crippen LogP contribution is -2.21. The number of hydrogen-bond donors (Lipinski definition) is 0. The number of rotatable bonds is 6. The second-order valence-corrected chi connectivity index (χ2v) is 7.77. The first-order valence-corrected chi connectivity index (χ1v) is 10.6. The SMILES string of the molecule is CCN(CC)c1ccc(C2N=C(c3ccccc3)C3C(c4ccccc4)N23)cc1. The highest BCUT2D eigenvalue weighted by Crippen LogP contribution is 2.55. The molecule has 1 fully saturated rings. The molecule has 0 N–H and O–H groups in total. The van der Waals surface area contributed by atoms with Crippen LogP contribution < -0.4 is 4.90 Å². The van der Waals surface area contributed by atoms with Crippen molar-refractivity contribution in [3.05, 3.63) is 102 Å². The van der Waals surface area contributed by atoms with Crippen molar-refractivity contribution in [2.24, 2.45) is 4.99 Å². The van der Waals surface area contributed by atoms with Gasteiger partial charge in [-0.3, -0.25) is 9.89 Å². The van der Waals surface area contributed by atoms with E-state index in [9.17, 15) is 0 Å². The largest absolute Gasteiger partial charge is 0.372 e. The van der Waals surface area contributed by atoms with Gasteiger partial charge < -0.3 is 4.90 Å². The summed E-state index contributed by atoms with van der Waals surface area (Å²) >= 11 is 0. The van der Waals surface area contributed by atoms with Gasteiger partial charge in [-0.25, -0.2) is 0 Å². The first kappa shape index (κ1) is 18.1. The number of anilines is 1. The number of benzene rings is 3. The second kappa shape index (κ2) is 7.49. The zero-order chi connectivity index (χ0) is 19.8. The monoisotopic (exact) mass is 381 g/mol. The van der Waals surface area contributed by atoms with Crippen LogP contribution >= 0.6 is 0 Å². The topological polar surface area (TPSA) is 18.6 Å². The van der Waals surface area contributed by atoms with E-state index < -0.39 is 0 Å². The Morgan fingerprint density at radius 1 is 0.724 bits per heavy atom. The molecule has 3 aromatic rings. The van der Waals surface area contributed by atoms with E-state index in [0.717, 1.165) is 13.1 Å². The predicted octanol–water partition coefficient (Wildman–Crippen LogP) is 5.46. The molecule has 3 heteroatoms. The lowest BCUT2D eigenvalue weighted by molar-refractivity contribution is 0.404. The minimum atomic E-state index is 0.0890. The van der Waals surface area contributed by atoms with Crippen molar-refractivity contribution in [3.8, 4) is 0 Å². The fraction of sp³-hybridized carbons (Fsp3) is 0.269. The molecular formula is C26H27N3. The van der Waals surface area contributed by atoms with Gasteiger partial charge in [0, 0.05) is 18.8 Å². The molecule has 146 valence electrons. The highest BCUT2D eigenvalue weighted by Gasteiger charge is 2.59. The van der Waals surface area contributed by atoms with Crippen LogP contribution in [0.1, 0.15) is 42.7 Å². The van der Waals surface area contributed by atoms with Crippen LogP contribution in [0.25, 0.3) is 0 Å². The third-order valence-electron chi connectivity index (χ3n) is 6.21. The smallest absolute Gasteiger partial charge is 0.129 e. The fourth-order valence-corrected chi connectivity index (χ4v) is 4.67. The van der Waals surface area contributed by atoms with Gasteiger partial charge in [0.2, 0.25) is 0 Å². The zero-order valence-electron chi connectivity index (χ0n) is 17.1. The molecule has 2 heterocycles. The number of nitrogens with zero attached hydrogens (tertiary/aromatic N) is 3. The third kappa shape index (κ3) is 3.16. The van der Waals surface area contributed by atoms with E-state index in [-0.39, 0.29) is 6.17 Å². The molecule has 0 bridgehead atoms. The van der Waals surface area contributed by atoms with Crippen molar-refractivity contribution in [2.45, 2.75) is 32.1 Å². The van der Waals surface area contributed by atoms with Gasteiger partial charge in [-0.1, -0.05) is 72.8 Å². The van der Waals surface area contributed by atoms with Crippen molar-refractivity contribution < 1.29 is 0 Å². The Kier molecular flexibility index (Phi) is 4.69. The summed E-state index contributed by atoms with van der Waals surface area (Å²) in [6, 6.07) is 31.3. The Hall–Kier alpha value is -2.91. The van der Waals surface area contributed by atoms with Gasteiger partial charge in [0.15, 0.2) is 0 Å². The summed E-state index contributed by atoms with van der Waals surface area (Å²) in [5.74, 6) is 0. The van der Waals surface area contributed by atoms with E-state index in [1.54, 1.807) is 0 Å². The van der Waals surface area contributed by atoms with E-state index in [0.29, 0.717) is 12.1 Å². The Morgan fingerprint density at radius 3 is 1.97 bits per heavy atom. The van der Waals surface area contributed by atoms with Crippen molar-refractivity contribution in [2.75, 3.05) is 18.0 Å². The first-order valence-electron chi connectivity index (χ1n) is 10.6. The maximum absolute atomic E-state index is 5.18.